The number of carboxylic acids is 2. The summed E-state index contributed by atoms with van der Waals surface area (Å²) in [4.78, 5) is 19.6. The second kappa shape index (κ2) is 6.00. The van der Waals surface area contributed by atoms with E-state index in [4.69, 9.17) is 0 Å². The van der Waals surface area contributed by atoms with Gasteiger partial charge in [-0.2, -0.15) is 0 Å². The van der Waals surface area contributed by atoms with E-state index in [1.807, 2.05) is 0 Å². The minimum Gasteiger partial charge on any atom is -0.548 e. The van der Waals surface area contributed by atoms with E-state index in [-0.39, 0.29) is 61.9 Å². The molecule has 7 heteroatoms. The van der Waals surface area contributed by atoms with E-state index in [0.29, 0.717) is 0 Å². The van der Waals surface area contributed by atoms with Crippen molar-refractivity contribution in [2.45, 2.75) is 38.0 Å². The molecule has 0 amide bonds. The van der Waals surface area contributed by atoms with Crippen molar-refractivity contribution in [1.29, 1.82) is 0 Å². The van der Waals surface area contributed by atoms with Crippen molar-refractivity contribution in [2.75, 3.05) is 0 Å². The van der Waals surface area contributed by atoms with Gasteiger partial charge >= 0.3 is 37.7 Å². The minimum absolute atomic E-state index is 0. The summed E-state index contributed by atoms with van der Waals surface area (Å²) in [7, 11) is 0. The average molecular weight is 240 g/mol. The zero-order valence-corrected chi connectivity index (χ0v) is 10.9. The van der Waals surface area contributed by atoms with Gasteiger partial charge in [0, 0.05) is 12.1 Å². The predicted octanol–water partition coefficient (Wildman–Crippen LogP) is -4.19. The largest absolute Gasteiger partial charge is 2.00 e. The second-order valence-corrected chi connectivity index (χ2v) is 3.50. The Morgan fingerprint density at radius 3 is 1.13 bits per heavy atom. The molecule has 0 aromatic carbocycles. The summed E-state index contributed by atoms with van der Waals surface area (Å²) in [6, 6.07) is -0.491. The van der Waals surface area contributed by atoms with Gasteiger partial charge in [0.25, 0.3) is 0 Å². The maximum absolute atomic E-state index is 9.80. The van der Waals surface area contributed by atoms with Crippen LogP contribution in [-0.4, -0.2) is 73.8 Å². The molecule has 0 aromatic heterocycles. The average Bonchev–Trinajstić information content (AvgIpc) is 2.90. The van der Waals surface area contributed by atoms with Gasteiger partial charge in [-0.3, -0.25) is 0 Å². The molecule has 0 aromatic rings. The molecule has 2 rings (SSSR count). The molecule has 2 aliphatic heterocycles. The SMILES string of the molecule is CC1NC1C(=O)[O-].CC1NC1C(=O)[O-].[Ca+2]. The van der Waals surface area contributed by atoms with Gasteiger partial charge in [0.1, 0.15) is 0 Å². The van der Waals surface area contributed by atoms with Gasteiger partial charge < -0.3 is 30.4 Å². The molecule has 4 atom stereocenters. The number of rotatable bonds is 2. The summed E-state index contributed by atoms with van der Waals surface area (Å²) in [5.41, 5.74) is 0. The summed E-state index contributed by atoms with van der Waals surface area (Å²) >= 11 is 0. The number of aliphatic carboxylic acids is 2. The normalized spacial score (nSPS) is 35.3. The number of carbonyl (C=O) groups is 2. The van der Waals surface area contributed by atoms with Gasteiger partial charge in [0.15, 0.2) is 0 Å². The first-order chi connectivity index (χ1) is 6.43. The number of nitrogens with one attached hydrogen (secondary N) is 2. The Hall–Kier alpha value is 0.120. The molecule has 15 heavy (non-hydrogen) atoms. The van der Waals surface area contributed by atoms with Crippen molar-refractivity contribution in [1.82, 2.24) is 10.6 Å². The summed E-state index contributed by atoms with van der Waals surface area (Å²) in [5.74, 6) is -1.99. The van der Waals surface area contributed by atoms with Crippen LogP contribution < -0.4 is 20.8 Å². The van der Waals surface area contributed by atoms with E-state index in [0.717, 1.165) is 0 Å². The molecule has 0 radical (unpaired) electrons. The van der Waals surface area contributed by atoms with Crippen molar-refractivity contribution in [2.24, 2.45) is 0 Å². The van der Waals surface area contributed by atoms with Gasteiger partial charge in [-0.05, 0) is 13.8 Å². The fourth-order valence-corrected chi connectivity index (χ4v) is 1.000. The third-order valence-electron chi connectivity index (χ3n) is 2.17. The maximum Gasteiger partial charge on any atom is 2.00 e. The number of carbonyl (C=O) groups excluding carboxylic acids is 2. The molecule has 2 heterocycles. The molecular formula is C8H12CaN2O4. The summed E-state index contributed by atoms with van der Waals surface area (Å²) in [6.07, 6.45) is 0. The summed E-state index contributed by atoms with van der Waals surface area (Å²) in [5, 5.41) is 24.9. The number of hydrogen-bond donors (Lipinski definition) is 2. The molecule has 80 valence electrons. The standard InChI is InChI=1S/2C4H7NO2.Ca/c2*1-2-3(5-2)4(6)7;/h2*2-3,5H,1H3,(H,6,7);/q;;+2/p-2. The first-order valence-electron chi connectivity index (χ1n) is 4.37. The van der Waals surface area contributed by atoms with E-state index in [2.05, 4.69) is 10.6 Å². The molecule has 2 N–H and O–H groups in total. The fraction of sp³-hybridized carbons (Fsp3) is 0.750. The molecule has 0 spiro atoms. The van der Waals surface area contributed by atoms with E-state index < -0.39 is 11.9 Å². The van der Waals surface area contributed by atoms with Crippen LogP contribution in [0.1, 0.15) is 13.8 Å². The van der Waals surface area contributed by atoms with Gasteiger partial charge in [-0.1, -0.05) is 0 Å². The van der Waals surface area contributed by atoms with Crippen LogP contribution in [0.4, 0.5) is 0 Å². The third kappa shape index (κ3) is 5.12. The maximum atomic E-state index is 9.80. The quantitative estimate of drug-likeness (QED) is 0.372. The summed E-state index contributed by atoms with van der Waals surface area (Å²) in [6.45, 7) is 3.61. The van der Waals surface area contributed by atoms with Crippen LogP contribution in [0.25, 0.3) is 0 Å². The Morgan fingerprint density at radius 2 is 1.13 bits per heavy atom. The monoisotopic (exact) mass is 240 g/mol. The van der Waals surface area contributed by atoms with Crippen molar-refractivity contribution < 1.29 is 19.8 Å². The molecular weight excluding hydrogens is 228 g/mol. The Bertz CT molecular complexity index is 235. The predicted molar refractivity (Wildman–Crippen MR) is 48.5 cm³/mol. The molecule has 0 aliphatic carbocycles. The van der Waals surface area contributed by atoms with Crippen molar-refractivity contribution in [3.63, 3.8) is 0 Å². The Kier molecular flexibility index (Phi) is 6.05. The van der Waals surface area contributed by atoms with Crippen LogP contribution in [0.3, 0.4) is 0 Å². The zero-order valence-electron chi connectivity index (χ0n) is 8.65. The van der Waals surface area contributed by atoms with Gasteiger partial charge in [0.2, 0.25) is 0 Å². The Morgan fingerprint density at radius 1 is 0.933 bits per heavy atom. The van der Waals surface area contributed by atoms with E-state index >= 15 is 0 Å². The van der Waals surface area contributed by atoms with Crippen molar-refractivity contribution >= 4 is 49.7 Å². The molecule has 2 aliphatic rings. The number of hydrogen-bond acceptors (Lipinski definition) is 6. The Balaban J connectivity index is 0.000000245. The van der Waals surface area contributed by atoms with Crippen molar-refractivity contribution in [3.8, 4) is 0 Å². The second-order valence-electron chi connectivity index (χ2n) is 3.50. The van der Waals surface area contributed by atoms with E-state index in [9.17, 15) is 19.8 Å². The van der Waals surface area contributed by atoms with E-state index in [1.54, 1.807) is 13.8 Å². The summed E-state index contributed by atoms with van der Waals surface area (Å²) < 4.78 is 0. The van der Waals surface area contributed by atoms with Crippen molar-refractivity contribution in [3.05, 3.63) is 0 Å². The van der Waals surface area contributed by atoms with Crippen LogP contribution in [0.15, 0.2) is 0 Å². The zero-order chi connectivity index (χ0) is 10.9. The first-order valence-corrected chi connectivity index (χ1v) is 4.37. The number of carboxylic acid groups (broad SMARTS) is 2. The van der Waals surface area contributed by atoms with Crippen LogP contribution in [0, 0.1) is 0 Å². The first kappa shape index (κ1) is 15.1. The molecule has 0 bridgehead atoms. The van der Waals surface area contributed by atoms with Crippen LogP contribution in [0.5, 0.6) is 0 Å². The molecule has 2 saturated heterocycles. The third-order valence-corrected chi connectivity index (χ3v) is 2.17. The van der Waals surface area contributed by atoms with Gasteiger partial charge in [0.05, 0.1) is 24.0 Å². The molecule has 4 unspecified atom stereocenters. The van der Waals surface area contributed by atoms with Crippen LogP contribution in [-0.2, 0) is 9.59 Å². The fourth-order valence-electron chi connectivity index (χ4n) is 1.000. The molecule has 2 fully saturated rings. The van der Waals surface area contributed by atoms with Crippen LogP contribution in [0.2, 0.25) is 0 Å². The minimum atomic E-state index is -0.993. The smallest absolute Gasteiger partial charge is 0.548 e. The van der Waals surface area contributed by atoms with Gasteiger partial charge in [-0.25, -0.2) is 0 Å². The molecule has 0 saturated carbocycles. The topological polar surface area (TPSA) is 124 Å². The molecule has 6 nitrogen and oxygen atoms in total. The van der Waals surface area contributed by atoms with Crippen LogP contribution >= 0.6 is 0 Å². The Labute approximate surface area is 117 Å². The van der Waals surface area contributed by atoms with E-state index in [1.165, 1.54) is 0 Å². The van der Waals surface area contributed by atoms with Gasteiger partial charge in [-0.15, -0.1) is 0 Å².